The molecule has 2 aromatic rings. The third-order valence-electron chi connectivity index (χ3n) is 6.32. The van der Waals surface area contributed by atoms with Crippen LogP contribution in [-0.2, 0) is 11.3 Å². The van der Waals surface area contributed by atoms with E-state index in [0.717, 1.165) is 30.9 Å². The molecule has 0 aromatic carbocycles. The zero-order valence-electron chi connectivity index (χ0n) is 22.9. The molecule has 2 heterocycles. The first-order valence-corrected chi connectivity index (χ1v) is 12.9. The summed E-state index contributed by atoms with van der Waals surface area (Å²) in [6.45, 7) is 6.60. The first kappa shape index (κ1) is 30.1. The van der Waals surface area contributed by atoms with Crippen molar-refractivity contribution >= 4 is 28.6 Å². The van der Waals surface area contributed by atoms with Crippen LogP contribution in [0.5, 0.6) is 5.88 Å². The fourth-order valence-corrected chi connectivity index (χ4v) is 4.08. The van der Waals surface area contributed by atoms with E-state index in [0.29, 0.717) is 46.6 Å². The van der Waals surface area contributed by atoms with Gasteiger partial charge in [0.05, 0.1) is 29.6 Å². The second-order valence-corrected chi connectivity index (χ2v) is 9.67. The van der Waals surface area contributed by atoms with Gasteiger partial charge in [0.1, 0.15) is 17.5 Å². The van der Waals surface area contributed by atoms with Crippen molar-refractivity contribution < 1.29 is 22.6 Å². The van der Waals surface area contributed by atoms with Crippen LogP contribution in [0.4, 0.5) is 13.2 Å². The van der Waals surface area contributed by atoms with Crippen molar-refractivity contribution in [1.82, 2.24) is 19.9 Å². The lowest BCUT2D eigenvalue weighted by atomic mass is 10.0. The number of pyridine rings is 1. The highest BCUT2D eigenvalue weighted by Gasteiger charge is 2.34. The van der Waals surface area contributed by atoms with E-state index in [1.165, 1.54) is 11.9 Å². The number of nitrogens with zero attached hydrogens (tertiary/aromatic N) is 4. The molecular formula is C28H33ClF3N5O2. The topological polar surface area (TPSA) is 84.2 Å². The number of halogens is 4. The number of rotatable bonds is 11. The van der Waals surface area contributed by atoms with Gasteiger partial charge in [-0.05, 0) is 51.7 Å². The second kappa shape index (κ2) is 12.6. The van der Waals surface area contributed by atoms with Crippen molar-refractivity contribution in [2.45, 2.75) is 59.7 Å². The van der Waals surface area contributed by atoms with Gasteiger partial charge in [-0.2, -0.15) is 18.2 Å². The van der Waals surface area contributed by atoms with Crippen LogP contribution in [0.15, 0.2) is 47.1 Å². The Labute approximate surface area is 231 Å². The first-order chi connectivity index (χ1) is 18.4. The number of aromatic nitrogens is 3. The van der Waals surface area contributed by atoms with Crippen molar-refractivity contribution in [2.75, 3.05) is 14.2 Å². The maximum Gasteiger partial charge on any atom is 0.415 e. The average molecular weight is 564 g/mol. The second-order valence-electron chi connectivity index (χ2n) is 9.31. The van der Waals surface area contributed by atoms with Gasteiger partial charge in [-0.1, -0.05) is 24.6 Å². The predicted octanol–water partition coefficient (Wildman–Crippen LogP) is 7.28. The molecule has 11 heteroatoms. The minimum absolute atomic E-state index is 0.156. The number of hydrogen-bond donors (Lipinski definition) is 1. The lowest BCUT2D eigenvalue weighted by Gasteiger charge is -2.25. The number of ether oxygens (including phenoxy) is 2. The number of nitrogens with one attached hydrogen (secondary N) is 1. The monoisotopic (exact) mass is 563 g/mol. The van der Waals surface area contributed by atoms with Crippen LogP contribution in [0.1, 0.15) is 62.7 Å². The Morgan fingerprint density at radius 3 is 2.51 bits per heavy atom. The highest BCUT2D eigenvalue weighted by molar-refractivity contribution is 6.30. The van der Waals surface area contributed by atoms with E-state index >= 15 is 0 Å². The normalized spacial score (nSPS) is 15.4. The number of alkyl halides is 3. The molecule has 0 spiro atoms. The minimum atomic E-state index is -4.54. The molecule has 2 aromatic heterocycles. The smallest absolute Gasteiger partial charge is 0.415 e. The van der Waals surface area contributed by atoms with E-state index in [9.17, 15) is 13.2 Å². The quantitative estimate of drug-likeness (QED) is 0.176. The van der Waals surface area contributed by atoms with E-state index in [1.54, 1.807) is 38.6 Å². The molecule has 1 fully saturated rings. The van der Waals surface area contributed by atoms with Gasteiger partial charge in [0.15, 0.2) is 5.82 Å². The Morgan fingerprint density at radius 1 is 1.26 bits per heavy atom. The molecule has 3 rings (SSSR count). The molecule has 7 nitrogen and oxygen atoms in total. The summed E-state index contributed by atoms with van der Waals surface area (Å²) in [6, 6.07) is 3.49. The summed E-state index contributed by atoms with van der Waals surface area (Å²) in [5, 5.41) is 8.10. The molecule has 1 N–H and O–H groups in total. The van der Waals surface area contributed by atoms with Crippen LogP contribution >= 0.6 is 11.6 Å². The summed E-state index contributed by atoms with van der Waals surface area (Å²) in [6.07, 6.45) is 2.94. The Morgan fingerprint density at radius 2 is 1.95 bits per heavy atom. The zero-order chi connectivity index (χ0) is 28.9. The van der Waals surface area contributed by atoms with Crippen molar-refractivity contribution in [1.29, 1.82) is 5.41 Å². The lowest BCUT2D eigenvalue weighted by molar-refractivity contribution is -0.0924. The molecule has 0 bridgehead atoms. The van der Waals surface area contributed by atoms with Crippen molar-refractivity contribution in [2.24, 2.45) is 5.92 Å². The van der Waals surface area contributed by atoms with Crippen LogP contribution in [0.2, 0.25) is 0 Å². The standard InChI is InChI=1S/C28H33ClF3N5O2/c1-7-8-21(37(5)26(29)17(3)28(30,31)32)25-16(2)13-19(14-35-25)15-39-22-11-12-34-27(36-22)23(18(4)38-6)24(33)20-9-10-20/h8,11-14,20,33H,7,9-10,15H2,1-6H3/b21-8-,23-18-,26-17+,33-24?. The van der Waals surface area contributed by atoms with Gasteiger partial charge in [0.25, 0.3) is 0 Å². The minimum Gasteiger partial charge on any atom is -0.501 e. The average Bonchev–Trinajstić information content (AvgIpc) is 3.75. The zero-order valence-corrected chi connectivity index (χ0v) is 23.7. The van der Waals surface area contributed by atoms with Gasteiger partial charge in [-0.15, -0.1) is 0 Å². The molecule has 0 atom stereocenters. The Balaban J connectivity index is 1.81. The van der Waals surface area contributed by atoms with Crippen LogP contribution < -0.4 is 4.74 Å². The third kappa shape index (κ3) is 7.38. The molecule has 0 amide bonds. The molecule has 210 valence electrons. The van der Waals surface area contributed by atoms with Crippen molar-refractivity contribution in [3.8, 4) is 5.88 Å². The summed E-state index contributed by atoms with van der Waals surface area (Å²) in [5.74, 6) is 1.46. The summed E-state index contributed by atoms with van der Waals surface area (Å²) in [7, 11) is 3.04. The van der Waals surface area contributed by atoms with E-state index in [4.69, 9.17) is 26.5 Å². The Bertz CT molecular complexity index is 1320. The van der Waals surface area contributed by atoms with Gasteiger partial charge >= 0.3 is 6.18 Å². The predicted molar refractivity (Wildman–Crippen MR) is 146 cm³/mol. The van der Waals surface area contributed by atoms with Gasteiger partial charge in [0, 0.05) is 42.7 Å². The third-order valence-corrected chi connectivity index (χ3v) is 6.86. The van der Waals surface area contributed by atoms with Gasteiger partial charge < -0.3 is 19.8 Å². The first-order valence-electron chi connectivity index (χ1n) is 12.5. The molecule has 39 heavy (non-hydrogen) atoms. The Kier molecular flexibility index (Phi) is 9.77. The number of aryl methyl sites for hydroxylation is 1. The Hall–Kier alpha value is -3.40. The maximum atomic E-state index is 13.2. The highest BCUT2D eigenvalue weighted by Crippen LogP contribution is 2.36. The molecule has 0 saturated heterocycles. The number of methoxy groups -OCH3 is 1. The molecule has 1 aliphatic rings. The molecule has 0 aliphatic heterocycles. The van der Waals surface area contributed by atoms with E-state index in [1.807, 2.05) is 19.9 Å². The van der Waals surface area contributed by atoms with Crippen LogP contribution in [0.3, 0.4) is 0 Å². The SMILES string of the molecule is CC/C=C(/c1ncc(COc2ccnc(/C(C(=N)C3CC3)=C(/C)OC)n2)cc1C)N(C)/C(Cl)=C(\C)C(F)(F)F. The molecule has 0 unspecified atom stereocenters. The lowest BCUT2D eigenvalue weighted by Crippen LogP contribution is -2.21. The molecule has 1 saturated carbocycles. The highest BCUT2D eigenvalue weighted by atomic mass is 35.5. The van der Waals surface area contributed by atoms with Gasteiger partial charge in [0.2, 0.25) is 5.88 Å². The van der Waals surface area contributed by atoms with Crippen LogP contribution in [0, 0.1) is 18.3 Å². The van der Waals surface area contributed by atoms with Crippen molar-refractivity contribution in [3.63, 3.8) is 0 Å². The van der Waals surface area contributed by atoms with E-state index in [-0.39, 0.29) is 12.5 Å². The van der Waals surface area contributed by atoms with Crippen molar-refractivity contribution in [3.05, 3.63) is 69.7 Å². The summed E-state index contributed by atoms with van der Waals surface area (Å²) < 4.78 is 51.0. The van der Waals surface area contributed by atoms with Gasteiger partial charge in [-0.25, -0.2) is 4.98 Å². The molecular weight excluding hydrogens is 531 g/mol. The number of allylic oxidation sites excluding steroid dienone is 4. The fourth-order valence-electron chi connectivity index (χ4n) is 3.89. The van der Waals surface area contributed by atoms with E-state index < -0.39 is 16.9 Å². The molecule has 0 radical (unpaired) electrons. The largest absolute Gasteiger partial charge is 0.501 e. The number of hydrogen-bond acceptors (Lipinski definition) is 7. The van der Waals surface area contributed by atoms with Gasteiger partial charge in [-0.3, -0.25) is 4.98 Å². The summed E-state index contributed by atoms with van der Waals surface area (Å²) in [5.41, 5.74) is 2.64. The summed E-state index contributed by atoms with van der Waals surface area (Å²) in [4.78, 5) is 14.7. The summed E-state index contributed by atoms with van der Waals surface area (Å²) >= 11 is 6.11. The maximum absolute atomic E-state index is 13.2. The molecule has 1 aliphatic carbocycles. The van der Waals surface area contributed by atoms with Crippen LogP contribution in [-0.4, -0.2) is 45.9 Å². The fraction of sp³-hybridized carbons (Fsp3) is 0.429. The van der Waals surface area contributed by atoms with Crippen LogP contribution in [0.25, 0.3) is 11.3 Å². The van der Waals surface area contributed by atoms with E-state index in [2.05, 4.69) is 15.0 Å².